The number of nitrogens with one attached hydrogen (secondary N) is 2. The minimum Gasteiger partial charge on any atom is -0.497 e. The van der Waals surface area contributed by atoms with Gasteiger partial charge in [0.2, 0.25) is 11.8 Å². The Kier molecular flexibility index (Phi) is 9.04. The van der Waals surface area contributed by atoms with E-state index >= 15 is 0 Å². The fourth-order valence-corrected chi connectivity index (χ4v) is 3.87. The van der Waals surface area contributed by atoms with Crippen LogP contribution in [0.25, 0.3) is 6.08 Å². The lowest BCUT2D eigenvalue weighted by Gasteiger charge is -2.36. The van der Waals surface area contributed by atoms with Crippen molar-refractivity contribution in [3.8, 4) is 5.75 Å². The highest BCUT2D eigenvalue weighted by Gasteiger charge is 2.21. The summed E-state index contributed by atoms with van der Waals surface area (Å²) in [7, 11) is 1.61. The minimum atomic E-state index is -0.310. The molecule has 0 aromatic heterocycles. The highest BCUT2D eigenvalue weighted by Crippen LogP contribution is 2.20. The summed E-state index contributed by atoms with van der Waals surface area (Å²) in [6.45, 7) is 7.24. The number of anilines is 2. The van der Waals surface area contributed by atoms with Crippen molar-refractivity contribution in [2.24, 2.45) is 5.92 Å². The van der Waals surface area contributed by atoms with Gasteiger partial charge < -0.3 is 19.9 Å². The average Bonchev–Trinajstić information content (AvgIpc) is 2.83. The second kappa shape index (κ2) is 12.2. The zero-order valence-corrected chi connectivity index (χ0v) is 20.7. The molecule has 1 aliphatic rings. The zero-order valence-electron chi connectivity index (χ0n) is 19.9. The van der Waals surface area contributed by atoms with Crippen LogP contribution >= 0.6 is 12.2 Å². The van der Waals surface area contributed by atoms with Gasteiger partial charge in [-0.1, -0.05) is 26.0 Å². The van der Waals surface area contributed by atoms with E-state index in [0.717, 1.165) is 48.9 Å². The van der Waals surface area contributed by atoms with E-state index in [9.17, 15) is 9.59 Å². The molecule has 2 N–H and O–H groups in total. The van der Waals surface area contributed by atoms with Crippen molar-refractivity contribution in [2.45, 2.75) is 20.3 Å². The molecule has 3 rings (SSSR count). The number of amides is 2. The summed E-state index contributed by atoms with van der Waals surface area (Å²) in [5.74, 6) is 1.07. The highest BCUT2D eigenvalue weighted by atomic mass is 32.1. The van der Waals surface area contributed by atoms with E-state index in [1.54, 1.807) is 13.2 Å². The van der Waals surface area contributed by atoms with Crippen molar-refractivity contribution in [2.75, 3.05) is 43.5 Å². The molecule has 1 heterocycles. The van der Waals surface area contributed by atoms with Gasteiger partial charge in [0, 0.05) is 50.1 Å². The molecule has 34 heavy (non-hydrogen) atoms. The summed E-state index contributed by atoms with van der Waals surface area (Å²) in [6.07, 6.45) is 3.75. The largest absolute Gasteiger partial charge is 0.497 e. The molecule has 1 fully saturated rings. The third-order valence-electron chi connectivity index (χ3n) is 5.49. The van der Waals surface area contributed by atoms with Gasteiger partial charge in [-0.25, -0.2) is 0 Å². The maximum atomic E-state index is 12.3. The van der Waals surface area contributed by atoms with Gasteiger partial charge in [-0.15, -0.1) is 0 Å². The molecule has 0 radical (unpaired) electrons. The molecule has 0 unspecified atom stereocenters. The lowest BCUT2D eigenvalue weighted by Crippen LogP contribution is -2.49. The monoisotopic (exact) mass is 480 g/mol. The van der Waals surface area contributed by atoms with Gasteiger partial charge in [0.1, 0.15) is 5.75 Å². The van der Waals surface area contributed by atoms with Gasteiger partial charge in [0.15, 0.2) is 5.11 Å². The van der Waals surface area contributed by atoms with Crippen LogP contribution in [0, 0.1) is 5.92 Å². The van der Waals surface area contributed by atoms with Crippen molar-refractivity contribution in [3.05, 3.63) is 60.2 Å². The third kappa shape index (κ3) is 7.59. The fraction of sp³-hybridized carbons (Fsp3) is 0.346. The number of hydrogen-bond acceptors (Lipinski definition) is 5. The first kappa shape index (κ1) is 25.2. The van der Waals surface area contributed by atoms with Crippen molar-refractivity contribution in [3.63, 3.8) is 0 Å². The summed E-state index contributed by atoms with van der Waals surface area (Å²) in [4.78, 5) is 28.6. The molecule has 0 bridgehead atoms. The number of nitrogens with zero attached hydrogens (tertiary/aromatic N) is 2. The molecule has 2 aromatic rings. The number of ether oxygens (including phenoxy) is 1. The Bertz CT molecular complexity index is 1010. The van der Waals surface area contributed by atoms with E-state index < -0.39 is 0 Å². The van der Waals surface area contributed by atoms with Gasteiger partial charge in [-0.05, 0) is 66.2 Å². The summed E-state index contributed by atoms with van der Waals surface area (Å²) in [5, 5.41) is 5.91. The van der Waals surface area contributed by atoms with Crippen LogP contribution in [0.2, 0.25) is 0 Å². The number of thiocarbonyl (C=S) groups is 1. The number of rotatable bonds is 7. The van der Waals surface area contributed by atoms with E-state index in [-0.39, 0.29) is 16.9 Å². The van der Waals surface area contributed by atoms with Gasteiger partial charge in [0.25, 0.3) is 0 Å². The Balaban J connectivity index is 1.45. The molecule has 7 nitrogen and oxygen atoms in total. The second-order valence-electron chi connectivity index (χ2n) is 8.56. The second-order valence-corrected chi connectivity index (χ2v) is 8.97. The van der Waals surface area contributed by atoms with Gasteiger partial charge in [-0.2, -0.15) is 0 Å². The van der Waals surface area contributed by atoms with Crippen molar-refractivity contribution in [1.29, 1.82) is 0 Å². The minimum absolute atomic E-state index is 0.231. The normalized spacial score (nSPS) is 13.8. The van der Waals surface area contributed by atoms with Crippen molar-refractivity contribution < 1.29 is 14.3 Å². The molecular weight excluding hydrogens is 448 g/mol. The van der Waals surface area contributed by atoms with Crippen LogP contribution < -0.4 is 20.3 Å². The van der Waals surface area contributed by atoms with E-state index in [4.69, 9.17) is 17.0 Å². The number of carbonyl (C=O) groups excluding carboxylic acids is 2. The first-order valence-electron chi connectivity index (χ1n) is 11.4. The van der Waals surface area contributed by atoms with E-state index in [0.29, 0.717) is 12.3 Å². The predicted octanol–water partition coefficient (Wildman–Crippen LogP) is 3.92. The first-order chi connectivity index (χ1) is 16.3. The molecule has 0 spiro atoms. The third-order valence-corrected chi connectivity index (χ3v) is 5.69. The maximum Gasteiger partial charge on any atom is 0.250 e. The van der Waals surface area contributed by atoms with E-state index in [2.05, 4.69) is 29.4 Å². The molecular formula is C26H32N4O3S. The SMILES string of the molecule is COc1ccc(/C=C/C(=O)NC(=S)Nc2ccc(N3CCN(C(=O)CC(C)C)CC3)cc2)cc1. The fourth-order valence-electron chi connectivity index (χ4n) is 3.65. The van der Waals surface area contributed by atoms with E-state index in [1.165, 1.54) is 6.08 Å². The standard InChI is InChI=1S/C26H32N4O3S/c1-19(2)18-25(32)30-16-14-29(15-17-30)22-9-7-21(8-10-22)27-26(34)28-24(31)13-6-20-4-11-23(33-3)12-5-20/h4-13,19H,14-18H2,1-3H3,(H2,27,28,31,34)/b13-6+. The molecule has 0 aliphatic carbocycles. The highest BCUT2D eigenvalue weighted by molar-refractivity contribution is 7.80. The summed E-state index contributed by atoms with van der Waals surface area (Å²) in [6, 6.07) is 15.3. The quantitative estimate of drug-likeness (QED) is 0.462. The number of hydrogen-bond donors (Lipinski definition) is 2. The van der Waals surface area contributed by atoms with Crippen LogP contribution in [-0.2, 0) is 9.59 Å². The van der Waals surface area contributed by atoms with Crippen molar-refractivity contribution >= 4 is 46.6 Å². The van der Waals surface area contributed by atoms with Gasteiger partial charge in [-0.3, -0.25) is 14.9 Å². The summed E-state index contributed by atoms with van der Waals surface area (Å²) < 4.78 is 5.12. The average molecular weight is 481 g/mol. The predicted molar refractivity (Wildman–Crippen MR) is 141 cm³/mol. The van der Waals surface area contributed by atoms with Crippen LogP contribution in [0.5, 0.6) is 5.75 Å². The Morgan fingerprint density at radius 1 is 1.03 bits per heavy atom. The smallest absolute Gasteiger partial charge is 0.250 e. The lowest BCUT2D eigenvalue weighted by atomic mass is 10.1. The molecule has 2 amide bonds. The van der Waals surface area contributed by atoms with Gasteiger partial charge in [0.05, 0.1) is 7.11 Å². The molecule has 2 aromatic carbocycles. The topological polar surface area (TPSA) is 73.9 Å². The number of carbonyl (C=O) groups is 2. The Morgan fingerprint density at radius 3 is 2.26 bits per heavy atom. The molecule has 0 atom stereocenters. The lowest BCUT2D eigenvalue weighted by molar-refractivity contribution is -0.132. The molecule has 1 aliphatic heterocycles. The van der Waals surface area contributed by atoms with Crippen molar-refractivity contribution in [1.82, 2.24) is 10.2 Å². The van der Waals surface area contributed by atoms with Gasteiger partial charge >= 0.3 is 0 Å². The van der Waals surface area contributed by atoms with Crippen LogP contribution in [0.3, 0.4) is 0 Å². The number of methoxy groups -OCH3 is 1. The molecule has 8 heteroatoms. The Labute approximate surface area is 206 Å². The number of piperazine rings is 1. The summed E-state index contributed by atoms with van der Waals surface area (Å²) in [5.41, 5.74) is 2.77. The Morgan fingerprint density at radius 2 is 1.68 bits per heavy atom. The maximum absolute atomic E-state index is 12.3. The summed E-state index contributed by atoms with van der Waals surface area (Å²) >= 11 is 5.26. The first-order valence-corrected chi connectivity index (χ1v) is 11.8. The molecule has 180 valence electrons. The van der Waals surface area contributed by atoms with Crippen LogP contribution in [0.1, 0.15) is 25.8 Å². The zero-order chi connectivity index (χ0) is 24.5. The Hall–Kier alpha value is -3.39. The van der Waals surface area contributed by atoms with Crippen LogP contribution in [0.4, 0.5) is 11.4 Å². The number of benzene rings is 2. The van der Waals surface area contributed by atoms with Crippen LogP contribution in [0.15, 0.2) is 54.6 Å². The molecule has 1 saturated heterocycles. The van der Waals surface area contributed by atoms with E-state index in [1.807, 2.05) is 53.4 Å². The van der Waals surface area contributed by atoms with Crippen LogP contribution in [-0.4, -0.2) is 55.1 Å². The molecule has 0 saturated carbocycles.